The third-order valence-corrected chi connectivity index (χ3v) is 5.09. The lowest BCUT2D eigenvalue weighted by Gasteiger charge is -2.27. The second-order valence-electron chi connectivity index (χ2n) is 9.04. The minimum absolute atomic E-state index is 0.00104. The highest BCUT2D eigenvalue weighted by atomic mass is 16.2. The van der Waals surface area contributed by atoms with Gasteiger partial charge in [-0.05, 0) is 52.4 Å². The third kappa shape index (κ3) is 17.1. The van der Waals surface area contributed by atoms with Crippen molar-refractivity contribution in [1.82, 2.24) is 10.6 Å². The first-order valence-corrected chi connectivity index (χ1v) is 12.8. The van der Waals surface area contributed by atoms with E-state index in [9.17, 15) is 9.59 Å². The number of hydrogen-bond acceptors (Lipinski definition) is 4. The Bertz CT molecular complexity index is 830. The van der Waals surface area contributed by atoms with Crippen LogP contribution < -0.4 is 10.6 Å². The van der Waals surface area contributed by atoms with E-state index in [0.717, 1.165) is 51.5 Å². The maximum absolute atomic E-state index is 12.3. The van der Waals surface area contributed by atoms with Crippen LogP contribution in [0.2, 0.25) is 0 Å². The van der Waals surface area contributed by atoms with Gasteiger partial charge in [0, 0.05) is 38.4 Å². The number of hydrogen-bond donors (Lipinski definition) is 2. The average molecular weight is 481 g/mol. The molecular formula is C29H44N4O2. The van der Waals surface area contributed by atoms with Gasteiger partial charge in [-0.1, -0.05) is 61.6 Å². The summed E-state index contributed by atoms with van der Waals surface area (Å²) in [5, 5.41) is 5.89. The van der Waals surface area contributed by atoms with Gasteiger partial charge in [0.05, 0.1) is 17.7 Å². The molecule has 192 valence electrons. The number of allylic oxidation sites excluding steroid dienone is 7. The van der Waals surface area contributed by atoms with Gasteiger partial charge in [0.2, 0.25) is 5.91 Å². The first-order chi connectivity index (χ1) is 16.9. The van der Waals surface area contributed by atoms with Gasteiger partial charge in [-0.3, -0.25) is 19.6 Å². The Hall–Kier alpha value is -3.02. The Balaban J connectivity index is 2.08. The fourth-order valence-corrected chi connectivity index (χ4v) is 3.20. The van der Waals surface area contributed by atoms with Crippen molar-refractivity contribution in [3.8, 4) is 0 Å². The van der Waals surface area contributed by atoms with Gasteiger partial charge in [-0.15, -0.1) is 0 Å². The molecule has 0 fully saturated rings. The van der Waals surface area contributed by atoms with E-state index in [-0.39, 0.29) is 11.8 Å². The van der Waals surface area contributed by atoms with Crippen molar-refractivity contribution < 1.29 is 9.59 Å². The summed E-state index contributed by atoms with van der Waals surface area (Å²) in [6.45, 7) is 7.77. The molecule has 6 heteroatoms. The lowest BCUT2D eigenvalue weighted by Crippen LogP contribution is -2.51. The van der Waals surface area contributed by atoms with E-state index in [1.165, 1.54) is 0 Å². The van der Waals surface area contributed by atoms with E-state index in [4.69, 9.17) is 0 Å². The molecule has 6 nitrogen and oxygen atoms in total. The number of unbranched alkanes of at least 4 members (excludes halogenated alkanes) is 1. The monoisotopic (exact) mass is 480 g/mol. The summed E-state index contributed by atoms with van der Waals surface area (Å²) >= 11 is 0. The van der Waals surface area contributed by atoms with Crippen LogP contribution >= 0.6 is 0 Å². The normalized spacial score (nSPS) is 14.7. The van der Waals surface area contributed by atoms with Crippen LogP contribution in [-0.4, -0.2) is 49.4 Å². The lowest BCUT2D eigenvalue weighted by molar-refractivity contribution is -0.123. The molecule has 1 heterocycles. The molecule has 0 bridgehead atoms. The summed E-state index contributed by atoms with van der Waals surface area (Å²) in [5.74, 6) is -0.147. The highest BCUT2D eigenvalue weighted by molar-refractivity contribution is 6.12. The minimum Gasteiger partial charge on any atom is -0.350 e. The fourth-order valence-electron chi connectivity index (χ4n) is 3.20. The largest absolute Gasteiger partial charge is 0.350 e. The molecule has 0 aromatic heterocycles. The number of aliphatic imine (C=N–C) groups is 2. The Labute approximate surface area is 212 Å². The van der Waals surface area contributed by atoms with Crippen molar-refractivity contribution in [2.45, 2.75) is 77.7 Å². The molecule has 35 heavy (non-hydrogen) atoms. The van der Waals surface area contributed by atoms with Gasteiger partial charge in [0.25, 0.3) is 5.91 Å². The van der Waals surface area contributed by atoms with Gasteiger partial charge in [0.1, 0.15) is 0 Å². The van der Waals surface area contributed by atoms with Gasteiger partial charge < -0.3 is 10.6 Å². The Morgan fingerprint density at radius 3 is 2.49 bits per heavy atom. The van der Waals surface area contributed by atoms with Crippen LogP contribution in [-0.2, 0) is 9.59 Å². The predicted octanol–water partition coefficient (Wildman–Crippen LogP) is 5.44. The van der Waals surface area contributed by atoms with Crippen LogP contribution in [0.4, 0.5) is 0 Å². The zero-order valence-electron chi connectivity index (χ0n) is 21.8. The van der Waals surface area contributed by atoms with Gasteiger partial charge in [-0.2, -0.15) is 0 Å². The molecule has 2 amide bonds. The highest BCUT2D eigenvalue weighted by Gasteiger charge is 2.21. The van der Waals surface area contributed by atoms with E-state index in [2.05, 4.69) is 76.2 Å². The van der Waals surface area contributed by atoms with E-state index in [1.54, 1.807) is 6.21 Å². The van der Waals surface area contributed by atoms with Gasteiger partial charge >= 0.3 is 0 Å². The van der Waals surface area contributed by atoms with E-state index >= 15 is 0 Å². The van der Waals surface area contributed by atoms with E-state index < -0.39 is 5.54 Å². The summed E-state index contributed by atoms with van der Waals surface area (Å²) in [7, 11) is 0. The van der Waals surface area contributed by atoms with Crippen LogP contribution in [0.5, 0.6) is 0 Å². The summed E-state index contributed by atoms with van der Waals surface area (Å²) in [5.41, 5.74) is 0.0801. The van der Waals surface area contributed by atoms with Crippen molar-refractivity contribution in [2.75, 3.05) is 19.6 Å². The fraction of sp³-hybridized carbons (Fsp3) is 0.517. The van der Waals surface area contributed by atoms with Gasteiger partial charge in [-0.25, -0.2) is 0 Å². The standard InChI is InChI=1S/C29H44N4O2/c1-4-5-6-7-10-13-16-21-30-22-17-14-11-8-9-12-15-20-27(34)33-29(2,3)25-32-28(35)26-19-18-23-31-24-26/h5-6,8-10,13-14,17,19,21,24H,4,7,11-12,15-16,18,20,22-23,25H2,1-3H3,(H,32,35)(H,33,34)/b6-5-,9-8-,13-10-,17-14-,30-21?. The minimum atomic E-state index is -0.509. The lowest BCUT2D eigenvalue weighted by atomic mass is 10.0. The topological polar surface area (TPSA) is 82.9 Å². The molecule has 1 rings (SSSR count). The average Bonchev–Trinajstić information content (AvgIpc) is 2.84. The van der Waals surface area contributed by atoms with Crippen molar-refractivity contribution >= 4 is 24.2 Å². The molecule has 0 spiro atoms. The van der Waals surface area contributed by atoms with Crippen LogP contribution in [0.3, 0.4) is 0 Å². The van der Waals surface area contributed by atoms with E-state index in [0.29, 0.717) is 25.1 Å². The number of nitrogens with zero attached hydrogens (tertiary/aromatic N) is 2. The summed E-state index contributed by atoms with van der Waals surface area (Å²) in [4.78, 5) is 32.9. The maximum atomic E-state index is 12.3. The molecule has 0 aliphatic carbocycles. The molecule has 0 aromatic rings. The van der Waals surface area contributed by atoms with Crippen LogP contribution in [0.25, 0.3) is 0 Å². The molecule has 0 saturated heterocycles. The predicted molar refractivity (Wildman–Crippen MR) is 149 cm³/mol. The SMILES string of the molecule is CC/C=C\C/C=C\CC=NC/C=C\C/C=C\CCCC(=O)NC(C)(C)CNC(=O)C1=CCCN=C1. The maximum Gasteiger partial charge on any atom is 0.252 e. The van der Waals surface area contributed by atoms with Crippen molar-refractivity contribution in [2.24, 2.45) is 9.98 Å². The van der Waals surface area contributed by atoms with E-state index in [1.807, 2.05) is 26.1 Å². The van der Waals surface area contributed by atoms with Crippen LogP contribution in [0.1, 0.15) is 72.1 Å². The number of carbonyl (C=O) groups excluding carboxylic acids is 2. The Morgan fingerprint density at radius 2 is 1.74 bits per heavy atom. The smallest absolute Gasteiger partial charge is 0.252 e. The summed E-state index contributed by atoms with van der Waals surface area (Å²) in [6.07, 6.45) is 29.3. The quantitative estimate of drug-likeness (QED) is 0.165. The Morgan fingerprint density at radius 1 is 1.03 bits per heavy atom. The van der Waals surface area contributed by atoms with Crippen molar-refractivity contribution in [1.29, 1.82) is 0 Å². The molecule has 1 aliphatic rings. The summed E-state index contributed by atoms with van der Waals surface area (Å²) < 4.78 is 0. The number of carbonyl (C=O) groups is 2. The van der Waals surface area contributed by atoms with Crippen LogP contribution in [0, 0.1) is 0 Å². The first-order valence-electron chi connectivity index (χ1n) is 12.8. The molecular weight excluding hydrogens is 436 g/mol. The second kappa shape index (κ2) is 19.3. The second-order valence-corrected chi connectivity index (χ2v) is 9.04. The Kier molecular flexibility index (Phi) is 16.6. The molecule has 0 saturated carbocycles. The molecule has 2 N–H and O–H groups in total. The highest BCUT2D eigenvalue weighted by Crippen LogP contribution is 2.06. The van der Waals surface area contributed by atoms with Crippen molar-refractivity contribution in [3.63, 3.8) is 0 Å². The number of amides is 2. The first kappa shape index (κ1) is 30.0. The number of nitrogens with one attached hydrogen (secondary N) is 2. The summed E-state index contributed by atoms with van der Waals surface area (Å²) in [6, 6.07) is 0. The number of dihydropyridines is 1. The zero-order valence-corrected chi connectivity index (χ0v) is 21.8. The molecule has 0 atom stereocenters. The van der Waals surface area contributed by atoms with Crippen LogP contribution in [0.15, 0.2) is 70.2 Å². The molecule has 0 unspecified atom stereocenters. The zero-order chi connectivity index (χ0) is 25.6. The number of rotatable bonds is 17. The molecule has 0 radical (unpaired) electrons. The van der Waals surface area contributed by atoms with Crippen molar-refractivity contribution in [3.05, 3.63) is 60.3 Å². The molecule has 0 aromatic carbocycles. The van der Waals surface area contributed by atoms with Gasteiger partial charge in [0.15, 0.2) is 0 Å². The molecule has 1 aliphatic heterocycles. The third-order valence-electron chi connectivity index (χ3n) is 5.09.